The Hall–Kier alpha value is -1.39. The molecule has 3 saturated heterocycles. The molecule has 4 heterocycles. The Morgan fingerprint density at radius 2 is 1.42 bits per heavy atom. The lowest BCUT2D eigenvalue weighted by Crippen LogP contribution is -2.55. The summed E-state index contributed by atoms with van der Waals surface area (Å²) in [6, 6.07) is 7.91. The molecule has 0 amide bonds. The number of para-hydroxylation sites is 1. The Morgan fingerprint density at radius 1 is 0.846 bits per heavy atom. The third-order valence-corrected chi connectivity index (χ3v) is 8.26. The second-order valence-electron chi connectivity index (χ2n) is 6.70. The molecule has 2 aromatic rings. The van der Waals surface area contributed by atoms with Crippen molar-refractivity contribution in [3.63, 3.8) is 0 Å². The highest BCUT2D eigenvalue weighted by Gasteiger charge is 2.66. The van der Waals surface area contributed by atoms with Gasteiger partial charge in [0.1, 0.15) is 11.0 Å². The Kier molecular flexibility index (Phi) is 4.49. The van der Waals surface area contributed by atoms with Gasteiger partial charge in [-0.05, 0) is 55.8 Å². The molecule has 3 aliphatic rings. The third-order valence-electron chi connectivity index (χ3n) is 4.97. The van der Waals surface area contributed by atoms with E-state index in [1.165, 1.54) is 0 Å². The molecule has 3 fully saturated rings. The van der Waals surface area contributed by atoms with Gasteiger partial charge in [-0.2, -0.15) is 4.62 Å². The molecule has 0 radical (unpaired) electrons. The third kappa shape index (κ3) is 2.69. The lowest BCUT2D eigenvalue weighted by atomic mass is 10.3. The predicted molar refractivity (Wildman–Crippen MR) is 99.0 cm³/mol. The van der Waals surface area contributed by atoms with Crippen LogP contribution in [0.2, 0.25) is 0 Å². The monoisotopic (exact) mass is 378 g/mol. The molecule has 3 aliphatic heterocycles. The van der Waals surface area contributed by atoms with Crippen molar-refractivity contribution >= 4 is 19.0 Å². The number of hydrogen-bond donors (Lipinski definition) is 3. The summed E-state index contributed by atoms with van der Waals surface area (Å²) < 4.78 is 13.6. The molecule has 1 aromatic heterocycles. The minimum Gasteiger partial charge on any atom is -0.217 e. The summed E-state index contributed by atoms with van der Waals surface area (Å²) in [4.78, 5) is 1.60. The summed E-state index contributed by atoms with van der Waals surface area (Å²) in [5, 5.41) is 8.57. The van der Waals surface area contributed by atoms with Crippen molar-refractivity contribution < 1.29 is 4.62 Å². The molecule has 0 atom stereocenters. The minimum atomic E-state index is -2.41. The molecule has 0 bridgehead atoms. The molecular weight excluding hydrogens is 353 g/mol. The Labute approximate surface area is 152 Å². The highest BCUT2D eigenvalue weighted by Crippen LogP contribution is 2.65. The fraction of sp³-hybridized carbons (Fsp3) is 0.600. The maximum Gasteiger partial charge on any atom is 0.493 e. The fourth-order valence-corrected chi connectivity index (χ4v) is 7.18. The van der Waals surface area contributed by atoms with Gasteiger partial charge in [-0.15, -0.1) is 5.10 Å². The van der Waals surface area contributed by atoms with Gasteiger partial charge in [0.2, 0.25) is 0 Å². The minimum absolute atomic E-state index is 0.837. The molecule has 3 N–H and O–H groups in total. The van der Waals surface area contributed by atoms with Crippen LogP contribution in [0.15, 0.2) is 24.3 Å². The van der Waals surface area contributed by atoms with Crippen molar-refractivity contribution in [2.45, 2.75) is 19.3 Å². The van der Waals surface area contributed by atoms with Crippen LogP contribution >= 0.6 is 7.94 Å². The zero-order valence-electron chi connectivity index (χ0n) is 14.7. The van der Waals surface area contributed by atoms with Crippen molar-refractivity contribution in [2.24, 2.45) is 0 Å². The second-order valence-corrected chi connectivity index (χ2v) is 9.34. The summed E-state index contributed by atoms with van der Waals surface area (Å²) in [7, 11) is -2.41. The molecule has 0 spiro atoms. The highest BCUT2D eigenvalue weighted by atomic mass is 31.2. The van der Waals surface area contributed by atoms with Crippen LogP contribution in [0.5, 0.6) is 0 Å². The van der Waals surface area contributed by atoms with E-state index < -0.39 is 7.94 Å². The van der Waals surface area contributed by atoms with Crippen LogP contribution in [0.4, 0.5) is 0 Å². The molecule has 11 heteroatoms. The first-order chi connectivity index (χ1) is 12.9. The van der Waals surface area contributed by atoms with E-state index in [0.717, 1.165) is 69.6 Å². The van der Waals surface area contributed by atoms with Gasteiger partial charge in [0.25, 0.3) is 0 Å². The number of fused-ring (bicyclic) bond motifs is 1. The van der Waals surface area contributed by atoms with Crippen LogP contribution in [-0.2, 0) is 0 Å². The summed E-state index contributed by atoms with van der Waals surface area (Å²) in [5.74, 6) is 0. The summed E-state index contributed by atoms with van der Waals surface area (Å²) >= 11 is 0. The summed E-state index contributed by atoms with van der Waals surface area (Å²) in [6.45, 7) is 5.71. The van der Waals surface area contributed by atoms with Crippen LogP contribution in [-0.4, -0.2) is 68.8 Å². The van der Waals surface area contributed by atoms with Crippen LogP contribution < -0.4 is 20.9 Å². The van der Waals surface area contributed by atoms with Crippen molar-refractivity contribution in [1.82, 2.24) is 45.8 Å². The van der Waals surface area contributed by atoms with Gasteiger partial charge < -0.3 is 0 Å². The standard InChI is InChI=1S/C15H25N9OP/c1-2-7-15-14(6-1)19-20-24(15)25-26(21-11-3-8-16-21,22-12-4-9-17-22)23-13-5-10-18-23/h1-2,6-7,16-18H,3-5,8-13H2/q+1. The molecule has 1 aromatic carbocycles. The number of nitrogens with zero attached hydrogens (tertiary/aromatic N) is 6. The molecular formula is C15H25N9OP+. The smallest absolute Gasteiger partial charge is 0.217 e. The SMILES string of the molecule is c1ccc2c(c1)nnn2O[P+](N1CCCN1)(N1CCCN1)N1CCCN1. The molecule has 0 unspecified atom stereocenters. The average Bonchev–Trinajstić information content (AvgIpc) is 3.49. The average molecular weight is 378 g/mol. The first-order valence-electron chi connectivity index (χ1n) is 9.32. The fourth-order valence-electron chi connectivity index (χ4n) is 3.75. The van der Waals surface area contributed by atoms with E-state index in [4.69, 9.17) is 4.62 Å². The number of hydrogen-bond acceptors (Lipinski definition) is 9. The Morgan fingerprint density at radius 3 is 1.96 bits per heavy atom. The van der Waals surface area contributed by atoms with Crippen LogP contribution in [0, 0.1) is 0 Å². The van der Waals surface area contributed by atoms with E-state index >= 15 is 0 Å². The lowest BCUT2D eigenvalue weighted by Gasteiger charge is -2.38. The maximum atomic E-state index is 6.75. The molecule has 140 valence electrons. The lowest BCUT2D eigenvalue weighted by molar-refractivity contribution is 0.133. The van der Waals surface area contributed by atoms with Gasteiger partial charge in [-0.1, -0.05) is 12.1 Å². The normalized spacial score (nSPS) is 23.4. The largest absolute Gasteiger partial charge is 0.493 e. The van der Waals surface area contributed by atoms with Gasteiger partial charge in [0.05, 0.1) is 19.6 Å². The topological polar surface area (TPSA) is 85.8 Å². The van der Waals surface area contributed by atoms with E-state index in [1.54, 1.807) is 4.85 Å². The number of rotatable bonds is 5. The van der Waals surface area contributed by atoms with Crippen molar-refractivity contribution in [2.75, 3.05) is 39.3 Å². The second kappa shape index (κ2) is 6.97. The van der Waals surface area contributed by atoms with Gasteiger partial charge in [-0.3, -0.25) is 0 Å². The van der Waals surface area contributed by atoms with E-state index in [1.807, 2.05) is 24.3 Å². The highest BCUT2D eigenvalue weighted by molar-refractivity contribution is 7.64. The van der Waals surface area contributed by atoms with E-state index in [0.29, 0.717) is 0 Å². The molecule has 10 nitrogen and oxygen atoms in total. The quantitative estimate of drug-likeness (QED) is 0.631. The van der Waals surface area contributed by atoms with E-state index in [9.17, 15) is 0 Å². The number of aromatic nitrogens is 3. The Balaban J connectivity index is 1.59. The number of benzene rings is 1. The molecule has 0 saturated carbocycles. The first-order valence-corrected chi connectivity index (χ1v) is 10.9. The number of hydrazine groups is 3. The van der Waals surface area contributed by atoms with Crippen molar-refractivity contribution in [3.8, 4) is 0 Å². The van der Waals surface area contributed by atoms with E-state index in [-0.39, 0.29) is 0 Å². The number of nitrogens with one attached hydrogen (secondary N) is 3. The van der Waals surface area contributed by atoms with E-state index in [2.05, 4.69) is 40.9 Å². The van der Waals surface area contributed by atoms with Crippen LogP contribution in [0.25, 0.3) is 11.0 Å². The summed E-state index contributed by atoms with van der Waals surface area (Å²) in [5.41, 5.74) is 12.4. The zero-order valence-corrected chi connectivity index (χ0v) is 15.6. The van der Waals surface area contributed by atoms with Crippen LogP contribution in [0.1, 0.15) is 19.3 Å². The maximum absolute atomic E-state index is 6.75. The molecule has 5 rings (SSSR count). The predicted octanol–water partition coefficient (Wildman–Crippen LogP) is 0.168. The first kappa shape index (κ1) is 16.8. The van der Waals surface area contributed by atoms with Crippen LogP contribution in [0.3, 0.4) is 0 Å². The molecule has 26 heavy (non-hydrogen) atoms. The van der Waals surface area contributed by atoms with Gasteiger partial charge in [-0.25, -0.2) is 16.3 Å². The van der Waals surface area contributed by atoms with Crippen molar-refractivity contribution in [3.05, 3.63) is 24.3 Å². The van der Waals surface area contributed by atoms with Gasteiger partial charge in [0, 0.05) is 19.6 Å². The molecule has 0 aliphatic carbocycles. The summed E-state index contributed by atoms with van der Waals surface area (Å²) in [6.07, 6.45) is 3.31. The zero-order chi connectivity index (χ0) is 17.4. The Bertz CT molecular complexity index is 712. The van der Waals surface area contributed by atoms with Gasteiger partial charge in [0.15, 0.2) is 0 Å². The van der Waals surface area contributed by atoms with Crippen molar-refractivity contribution in [1.29, 1.82) is 0 Å². The van der Waals surface area contributed by atoms with Gasteiger partial charge >= 0.3 is 7.94 Å².